The predicted octanol–water partition coefficient (Wildman–Crippen LogP) is 3.74. The summed E-state index contributed by atoms with van der Waals surface area (Å²) in [6.45, 7) is 5.98. The maximum Gasteiger partial charge on any atom is 0.0678 e. The minimum atomic E-state index is 0.620. The number of benzene rings is 1. The van der Waals surface area contributed by atoms with E-state index < -0.39 is 0 Å². The van der Waals surface area contributed by atoms with E-state index in [9.17, 15) is 0 Å². The van der Waals surface area contributed by atoms with Crippen LogP contribution in [-0.4, -0.2) is 19.3 Å². The van der Waals surface area contributed by atoms with Gasteiger partial charge in [0, 0.05) is 37.0 Å². The quantitative estimate of drug-likeness (QED) is 0.568. The lowest BCUT2D eigenvalue weighted by Gasteiger charge is -2.34. The SMILES string of the molecule is C=CCC=Nc1cccc2c1CCC(C)N2C. The molecule has 1 aliphatic heterocycles. The van der Waals surface area contributed by atoms with Crippen LogP contribution in [0.5, 0.6) is 0 Å². The largest absolute Gasteiger partial charge is 0.372 e. The Labute approximate surface area is 104 Å². The van der Waals surface area contributed by atoms with Crippen LogP contribution in [0.3, 0.4) is 0 Å². The van der Waals surface area contributed by atoms with Crippen molar-refractivity contribution in [3.05, 3.63) is 36.4 Å². The Kier molecular flexibility index (Phi) is 3.62. The molecular formula is C15H20N2. The Hall–Kier alpha value is -1.57. The van der Waals surface area contributed by atoms with Crippen molar-refractivity contribution in [3.63, 3.8) is 0 Å². The molecule has 2 rings (SSSR count). The van der Waals surface area contributed by atoms with Gasteiger partial charge in [-0.15, -0.1) is 6.58 Å². The van der Waals surface area contributed by atoms with Crippen molar-refractivity contribution in [2.75, 3.05) is 11.9 Å². The van der Waals surface area contributed by atoms with Crippen LogP contribution >= 0.6 is 0 Å². The van der Waals surface area contributed by atoms with E-state index in [4.69, 9.17) is 0 Å². The zero-order chi connectivity index (χ0) is 12.3. The fourth-order valence-electron chi connectivity index (χ4n) is 2.28. The van der Waals surface area contributed by atoms with E-state index >= 15 is 0 Å². The van der Waals surface area contributed by atoms with E-state index in [0.717, 1.165) is 18.5 Å². The molecule has 0 saturated heterocycles. The average molecular weight is 228 g/mol. The third-order valence-electron chi connectivity index (χ3n) is 3.48. The molecule has 1 atom stereocenters. The summed E-state index contributed by atoms with van der Waals surface area (Å²) in [7, 11) is 2.17. The van der Waals surface area contributed by atoms with Gasteiger partial charge in [-0.3, -0.25) is 4.99 Å². The van der Waals surface area contributed by atoms with Gasteiger partial charge < -0.3 is 4.90 Å². The molecular weight excluding hydrogens is 208 g/mol. The molecule has 17 heavy (non-hydrogen) atoms. The van der Waals surface area contributed by atoms with Gasteiger partial charge in [0.2, 0.25) is 0 Å². The van der Waals surface area contributed by atoms with Gasteiger partial charge >= 0.3 is 0 Å². The molecule has 0 N–H and O–H groups in total. The molecule has 0 aromatic heterocycles. The number of rotatable bonds is 3. The lowest BCUT2D eigenvalue weighted by atomic mass is 9.96. The highest BCUT2D eigenvalue weighted by Crippen LogP contribution is 2.35. The Bertz CT molecular complexity index is 435. The summed E-state index contributed by atoms with van der Waals surface area (Å²) < 4.78 is 0. The Morgan fingerprint density at radius 1 is 1.53 bits per heavy atom. The first-order chi connectivity index (χ1) is 8.24. The van der Waals surface area contributed by atoms with Crippen molar-refractivity contribution >= 4 is 17.6 Å². The maximum atomic E-state index is 4.55. The molecule has 2 nitrogen and oxygen atoms in total. The lowest BCUT2D eigenvalue weighted by molar-refractivity contribution is 0.599. The van der Waals surface area contributed by atoms with Crippen LogP contribution in [-0.2, 0) is 6.42 Å². The molecule has 2 heteroatoms. The summed E-state index contributed by atoms with van der Waals surface area (Å²) in [4.78, 5) is 6.90. The van der Waals surface area contributed by atoms with Gasteiger partial charge in [-0.2, -0.15) is 0 Å². The summed E-state index contributed by atoms with van der Waals surface area (Å²) in [5.41, 5.74) is 3.83. The summed E-state index contributed by atoms with van der Waals surface area (Å²) in [5.74, 6) is 0. The van der Waals surface area contributed by atoms with Crippen molar-refractivity contribution in [2.24, 2.45) is 4.99 Å². The number of fused-ring (bicyclic) bond motifs is 1. The smallest absolute Gasteiger partial charge is 0.0678 e. The second-order valence-corrected chi connectivity index (χ2v) is 4.61. The van der Waals surface area contributed by atoms with Crippen molar-refractivity contribution in [3.8, 4) is 0 Å². The van der Waals surface area contributed by atoms with Crippen LogP contribution in [0.25, 0.3) is 0 Å². The van der Waals surface area contributed by atoms with Gasteiger partial charge in [0.15, 0.2) is 0 Å². The van der Waals surface area contributed by atoms with E-state index in [-0.39, 0.29) is 0 Å². The zero-order valence-corrected chi connectivity index (χ0v) is 10.7. The monoisotopic (exact) mass is 228 g/mol. The fourth-order valence-corrected chi connectivity index (χ4v) is 2.28. The van der Waals surface area contributed by atoms with Gasteiger partial charge in [0.25, 0.3) is 0 Å². The number of anilines is 1. The normalized spacial score (nSPS) is 19.4. The van der Waals surface area contributed by atoms with Crippen LogP contribution in [0, 0.1) is 0 Å². The Morgan fingerprint density at radius 2 is 2.35 bits per heavy atom. The molecule has 0 bridgehead atoms. The zero-order valence-electron chi connectivity index (χ0n) is 10.7. The fraction of sp³-hybridized carbons (Fsp3) is 0.400. The summed E-state index contributed by atoms with van der Waals surface area (Å²) >= 11 is 0. The van der Waals surface area contributed by atoms with Gasteiger partial charge in [-0.05, 0) is 31.9 Å². The molecule has 1 aromatic rings. The van der Waals surface area contributed by atoms with E-state index in [1.807, 2.05) is 12.3 Å². The van der Waals surface area contributed by atoms with Crippen LogP contribution in [0.15, 0.2) is 35.8 Å². The maximum absolute atomic E-state index is 4.55. The number of hydrogen-bond donors (Lipinski definition) is 0. The first-order valence-corrected chi connectivity index (χ1v) is 6.22. The predicted molar refractivity (Wildman–Crippen MR) is 75.6 cm³/mol. The summed E-state index contributed by atoms with van der Waals surface area (Å²) in [5, 5.41) is 0. The topological polar surface area (TPSA) is 15.6 Å². The highest BCUT2D eigenvalue weighted by atomic mass is 15.1. The molecule has 0 radical (unpaired) electrons. The average Bonchev–Trinajstić information content (AvgIpc) is 2.35. The van der Waals surface area contributed by atoms with Crippen LogP contribution in [0.4, 0.5) is 11.4 Å². The molecule has 0 aliphatic carbocycles. The van der Waals surface area contributed by atoms with Crippen LogP contribution in [0.1, 0.15) is 25.3 Å². The second-order valence-electron chi connectivity index (χ2n) is 4.61. The third-order valence-corrected chi connectivity index (χ3v) is 3.48. The minimum absolute atomic E-state index is 0.620. The van der Waals surface area contributed by atoms with Gasteiger partial charge in [0.05, 0.1) is 5.69 Å². The van der Waals surface area contributed by atoms with Crippen molar-refractivity contribution in [1.29, 1.82) is 0 Å². The molecule has 0 fully saturated rings. The number of allylic oxidation sites excluding steroid dienone is 1. The van der Waals surface area contributed by atoms with E-state index in [2.05, 4.69) is 48.6 Å². The molecule has 1 aromatic carbocycles. The minimum Gasteiger partial charge on any atom is -0.372 e. The first-order valence-electron chi connectivity index (χ1n) is 6.22. The first kappa shape index (κ1) is 11.9. The molecule has 0 spiro atoms. The Balaban J connectivity index is 2.33. The van der Waals surface area contributed by atoms with Crippen molar-refractivity contribution in [1.82, 2.24) is 0 Å². The highest BCUT2D eigenvalue weighted by molar-refractivity contribution is 5.71. The molecule has 1 heterocycles. The molecule has 1 unspecified atom stereocenters. The summed E-state index contributed by atoms with van der Waals surface area (Å²) in [6.07, 6.45) is 6.96. The number of hydrogen-bond acceptors (Lipinski definition) is 2. The van der Waals surface area contributed by atoms with Gasteiger partial charge in [-0.25, -0.2) is 0 Å². The van der Waals surface area contributed by atoms with E-state index in [1.165, 1.54) is 17.7 Å². The number of nitrogens with zero attached hydrogens (tertiary/aromatic N) is 2. The Morgan fingerprint density at radius 3 is 3.12 bits per heavy atom. The van der Waals surface area contributed by atoms with Crippen LogP contribution < -0.4 is 4.90 Å². The van der Waals surface area contributed by atoms with E-state index in [0.29, 0.717) is 6.04 Å². The van der Waals surface area contributed by atoms with Gasteiger partial charge in [-0.1, -0.05) is 12.1 Å². The van der Waals surface area contributed by atoms with Crippen molar-refractivity contribution in [2.45, 2.75) is 32.2 Å². The highest BCUT2D eigenvalue weighted by Gasteiger charge is 2.21. The second kappa shape index (κ2) is 5.17. The van der Waals surface area contributed by atoms with E-state index in [1.54, 1.807) is 0 Å². The summed E-state index contributed by atoms with van der Waals surface area (Å²) in [6, 6.07) is 7.00. The lowest BCUT2D eigenvalue weighted by Crippen LogP contribution is -2.33. The van der Waals surface area contributed by atoms with Crippen LogP contribution in [0.2, 0.25) is 0 Å². The molecule has 0 amide bonds. The molecule has 0 saturated carbocycles. The standard InChI is InChI=1S/C15H20N2/c1-4-5-11-16-14-7-6-8-15-13(14)10-9-12(2)17(15)3/h4,6-8,11-12H,1,5,9-10H2,2-3H3. The number of aliphatic imine (C=N–C) groups is 1. The third kappa shape index (κ3) is 2.41. The molecule has 90 valence electrons. The van der Waals surface area contributed by atoms with Crippen molar-refractivity contribution < 1.29 is 0 Å². The molecule has 1 aliphatic rings. The van der Waals surface area contributed by atoms with Gasteiger partial charge in [0.1, 0.15) is 0 Å².